The number of rotatable bonds is 6. The monoisotopic (exact) mass is 375 g/mol. The van der Waals surface area contributed by atoms with Crippen LogP contribution in [0, 0.1) is 0 Å². The summed E-state index contributed by atoms with van der Waals surface area (Å²) < 4.78 is 10.6. The van der Waals surface area contributed by atoms with Crippen molar-refractivity contribution in [3.8, 4) is 11.5 Å². The number of aromatic nitrogens is 1. The van der Waals surface area contributed by atoms with Gasteiger partial charge in [-0.15, -0.1) is 0 Å². The molecule has 6 heteroatoms. The minimum atomic E-state index is -0.218. The largest absolute Gasteiger partial charge is 0.454 e. The minimum Gasteiger partial charge on any atom is -0.454 e. The Bertz CT molecular complexity index is 959. The maximum Gasteiger partial charge on any atom is 0.255 e. The second-order valence-corrected chi connectivity index (χ2v) is 6.43. The molecule has 1 aromatic heterocycles. The van der Waals surface area contributed by atoms with Crippen LogP contribution in [0.25, 0.3) is 0 Å². The number of fused-ring (bicyclic) bond motifs is 1. The van der Waals surface area contributed by atoms with E-state index in [9.17, 15) is 4.79 Å². The smallest absolute Gasteiger partial charge is 0.255 e. The SMILES string of the molecule is CCN(Cc1ccccc1)c1ccc(NC(=O)c2ccc3c(c2)OCO3)cn1. The third-order valence-electron chi connectivity index (χ3n) is 4.56. The van der Waals surface area contributed by atoms with Gasteiger partial charge >= 0.3 is 0 Å². The molecule has 3 aromatic rings. The molecule has 0 atom stereocenters. The molecule has 0 fully saturated rings. The molecule has 4 rings (SSSR count). The lowest BCUT2D eigenvalue weighted by Gasteiger charge is -2.22. The summed E-state index contributed by atoms with van der Waals surface area (Å²) in [6.07, 6.45) is 1.67. The van der Waals surface area contributed by atoms with Crippen LogP contribution in [0.1, 0.15) is 22.8 Å². The summed E-state index contributed by atoms with van der Waals surface area (Å²) >= 11 is 0. The third kappa shape index (κ3) is 3.91. The van der Waals surface area contributed by atoms with Gasteiger partial charge in [-0.25, -0.2) is 4.98 Å². The van der Waals surface area contributed by atoms with Crippen molar-refractivity contribution in [1.82, 2.24) is 4.98 Å². The van der Waals surface area contributed by atoms with E-state index in [4.69, 9.17) is 9.47 Å². The van der Waals surface area contributed by atoms with E-state index < -0.39 is 0 Å². The maximum absolute atomic E-state index is 12.5. The van der Waals surface area contributed by atoms with E-state index >= 15 is 0 Å². The molecule has 2 aromatic carbocycles. The van der Waals surface area contributed by atoms with Gasteiger partial charge in [0.05, 0.1) is 11.9 Å². The van der Waals surface area contributed by atoms with Crippen LogP contribution in [-0.2, 0) is 6.54 Å². The number of benzene rings is 2. The van der Waals surface area contributed by atoms with Crippen LogP contribution in [0.2, 0.25) is 0 Å². The first-order valence-corrected chi connectivity index (χ1v) is 9.19. The number of hydrogen-bond donors (Lipinski definition) is 1. The lowest BCUT2D eigenvalue weighted by molar-refractivity contribution is 0.102. The summed E-state index contributed by atoms with van der Waals surface area (Å²) in [7, 11) is 0. The summed E-state index contributed by atoms with van der Waals surface area (Å²) in [6.45, 7) is 3.90. The van der Waals surface area contributed by atoms with Gasteiger partial charge in [0.2, 0.25) is 6.79 Å². The average molecular weight is 375 g/mol. The molecule has 0 bridgehead atoms. The van der Waals surface area contributed by atoms with Crippen molar-refractivity contribution in [2.24, 2.45) is 0 Å². The molecule has 0 saturated carbocycles. The molecule has 1 amide bonds. The van der Waals surface area contributed by atoms with Gasteiger partial charge in [0.15, 0.2) is 11.5 Å². The fourth-order valence-corrected chi connectivity index (χ4v) is 3.05. The molecule has 28 heavy (non-hydrogen) atoms. The Balaban J connectivity index is 1.43. The number of hydrogen-bond acceptors (Lipinski definition) is 5. The van der Waals surface area contributed by atoms with Crippen molar-refractivity contribution in [1.29, 1.82) is 0 Å². The number of nitrogens with zero attached hydrogens (tertiary/aromatic N) is 2. The van der Waals surface area contributed by atoms with Crippen LogP contribution in [0.15, 0.2) is 66.9 Å². The Morgan fingerprint density at radius 1 is 1.07 bits per heavy atom. The van der Waals surface area contributed by atoms with Crippen molar-refractivity contribution in [3.63, 3.8) is 0 Å². The van der Waals surface area contributed by atoms with Crippen molar-refractivity contribution in [2.75, 3.05) is 23.6 Å². The Labute approximate surface area is 163 Å². The van der Waals surface area contributed by atoms with E-state index in [0.717, 1.165) is 18.9 Å². The molecule has 2 heterocycles. The highest BCUT2D eigenvalue weighted by Gasteiger charge is 2.16. The van der Waals surface area contributed by atoms with E-state index in [0.29, 0.717) is 22.7 Å². The van der Waals surface area contributed by atoms with Gasteiger partial charge < -0.3 is 19.7 Å². The van der Waals surface area contributed by atoms with Crippen LogP contribution >= 0.6 is 0 Å². The van der Waals surface area contributed by atoms with E-state index in [1.165, 1.54) is 5.56 Å². The Kier molecular flexibility index (Phi) is 5.10. The van der Waals surface area contributed by atoms with Gasteiger partial charge in [0.1, 0.15) is 5.82 Å². The standard InChI is InChI=1S/C22H21N3O3/c1-2-25(14-16-6-4-3-5-7-16)21-11-9-18(13-23-21)24-22(26)17-8-10-19-20(12-17)28-15-27-19/h3-13H,2,14-15H2,1H3,(H,24,26). The van der Waals surface area contributed by atoms with Crippen LogP contribution in [0.4, 0.5) is 11.5 Å². The zero-order valence-corrected chi connectivity index (χ0v) is 15.6. The van der Waals surface area contributed by atoms with Gasteiger partial charge in [-0.3, -0.25) is 4.79 Å². The highest BCUT2D eigenvalue weighted by atomic mass is 16.7. The predicted octanol–water partition coefficient (Wildman–Crippen LogP) is 4.09. The molecular weight excluding hydrogens is 354 g/mol. The van der Waals surface area contributed by atoms with Gasteiger partial charge in [-0.05, 0) is 42.8 Å². The Hall–Kier alpha value is -3.54. The first-order chi connectivity index (χ1) is 13.7. The zero-order valence-electron chi connectivity index (χ0n) is 15.6. The number of amides is 1. The van der Waals surface area contributed by atoms with Crippen molar-refractivity contribution < 1.29 is 14.3 Å². The van der Waals surface area contributed by atoms with Crippen LogP contribution in [0.5, 0.6) is 11.5 Å². The lowest BCUT2D eigenvalue weighted by Crippen LogP contribution is -2.23. The van der Waals surface area contributed by atoms with E-state index in [1.807, 2.05) is 30.3 Å². The molecule has 6 nitrogen and oxygen atoms in total. The van der Waals surface area contributed by atoms with Gasteiger partial charge in [0, 0.05) is 18.7 Å². The van der Waals surface area contributed by atoms with Crippen LogP contribution < -0.4 is 19.7 Å². The normalized spacial score (nSPS) is 11.9. The fraction of sp³-hybridized carbons (Fsp3) is 0.182. The highest BCUT2D eigenvalue weighted by Crippen LogP contribution is 2.32. The molecular formula is C22H21N3O3. The maximum atomic E-state index is 12.5. The molecule has 0 aliphatic carbocycles. The van der Waals surface area contributed by atoms with Crippen molar-refractivity contribution in [2.45, 2.75) is 13.5 Å². The summed E-state index contributed by atoms with van der Waals surface area (Å²) in [5, 5.41) is 2.87. The molecule has 142 valence electrons. The number of ether oxygens (including phenoxy) is 2. The van der Waals surface area contributed by atoms with E-state index in [1.54, 1.807) is 24.4 Å². The summed E-state index contributed by atoms with van der Waals surface area (Å²) in [5.41, 5.74) is 2.38. The second kappa shape index (κ2) is 8.00. The van der Waals surface area contributed by atoms with E-state index in [-0.39, 0.29) is 12.7 Å². The van der Waals surface area contributed by atoms with Gasteiger partial charge in [-0.2, -0.15) is 0 Å². The molecule has 1 aliphatic rings. The number of carbonyl (C=O) groups is 1. The number of carbonyl (C=O) groups excluding carboxylic acids is 1. The van der Waals surface area contributed by atoms with Gasteiger partial charge in [-0.1, -0.05) is 30.3 Å². The molecule has 1 N–H and O–H groups in total. The van der Waals surface area contributed by atoms with Crippen molar-refractivity contribution in [3.05, 3.63) is 78.0 Å². The van der Waals surface area contributed by atoms with Crippen molar-refractivity contribution >= 4 is 17.4 Å². The van der Waals surface area contributed by atoms with E-state index in [2.05, 4.69) is 34.3 Å². The average Bonchev–Trinajstić information content (AvgIpc) is 3.21. The quantitative estimate of drug-likeness (QED) is 0.703. The summed E-state index contributed by atoms with van der Waals surface area (Å²) in [4.78, 5) is 19.2. The summed E-state index contributed by atoms with van der Waals surface area (Å²) in [5.74, 6) is 1.89. The lowest BCUT2D eigenvalue weighted by atomic mass is 10.2. The van der Waals surface area contributed by atoms with Crippen LogP contribution in [-0.4, -0.2) is 24.2 Å². The molecule has 0 radical (unpaired) electrons. The Morgan fingerprint density at radius 2 is 1.89 bits per heavy atom. The third-order valence-corrected chi connectivity index (χ3v) is 4.56. The topological polar surface area (TPSA) is 63.7 Å². The van der Waals surface area contributed by atoms with Crippen LogP contribution in [0.3, 0.4) is 0 Å². The molecule has 0 saturated heterocycles. The van der Waals surface area contributed by atoms with Gasteiger partial charge in [0.25, 0.3) is 5.91 Å². The molecule has 0 unspecified atom stereocenters. The molecule has 1 aliphatic heterocycles. The highest BCUT2D eigenvalue weighted by molar-refractivity contribution is 6.04. The fourth-order valence-electron chi connectivity index (χ4n) is 3.05. The number of anilines is 2. The summed E-state index contributed by atoms with van der Waals surface area (Å²) in [6, 6.07) is 19.2. The zero-order chi connectivity index (χ0) is 19.3. The second-order valence-electron chi connectivity index (χ2n) is 6.43. The predicted molar refractivity (Wildman–Crippen MR) is 108 cm³/mol. The molecule has 0 spiro atoms. The first kappa shape index (κ1) is 17.9. The number of pyridine rings is 1. The minimum absolute atomic E-state index is 0.183. The Morgan fingerprint density at radius 3 is 2.64 bits per heavy atom. The number of nitrogens with one attached hydrogen (secondary N) is 1. The first-order valence-electron chi connectivity index (χ1n) is 9.19.